The first-order chi connectivity index (χ1) is 8.61. The summed E-state index contributed by atoms with van der Waals surface area (Å²) in [7, 11) is 0. The maximum Gasteiger partial charge on any atom is 0.335 e. The van der Waals surface area contributed by atoms with Crippen LogP contribution >= 0.6 is 15.9 Å². The zero-order valence-corrected chi connectivity index (χ0v) is 11.6. The Morgan fingerprint density at radius 2 is 2.11 bits per heavy atom. The number of hydrogen-bond donors (Lipinski definition) is 2. The molecular formula is C14H16BrNO2. The van der Waals surface area contributed by atoms with Gasteiger partial charge >= 0.3 is 5.97 Å². The predicted molar refractivity (Wildman–Crippen MR) is 74.0 cm³/mol. The molecule has 0 spiro atoms. The van der Waals surface area contributed by atoms with Crippen LogP contribution in [-0.4, -0.2) is 17.1 Å². The summed E-state index contributed by atoms with van der Waals surface area (Å²) in [5, 5.41) is 12.6. The number of halogens is 1. The van der Waals surface area contributed by atoms with E-state index in [0.717, 1.165) is 22.0 Å². The second-order valence-electron chi connectivity index (χ2n) is 5.46. The first kappa shape index (κ1) is 12.0. The molecule has 2 aliphatic rings. The molecule has 0 aliphatic heterocycles. The first-order valence-electron chi connectivity index (χ1n) is 6.42. The largest absolute Gasteiger partial charge is 0.478 e. The lowest BCUT2D eigenvalue weighted by Crippen LogP contribution is -2.25. The molecular weight excluding hydrogens is 294 g/mol. The summed E-state index contributed by atoms with van der Waals surface area (Å²) in [6.45, 7) is 0. The van der Waals surface area contributed by atoms with Gasteiger partial charge in [-0.2, -0.15) is 0 Å². The van der Waals surface area contributed by atoms with E-state index in [4.69, 9.17) is 5.11 Å². The van der Waals surface area contributed by atoms with Crippen molar-refractivity contribution in [3.63, 3.8) is 0 Å². The van der Waals surface area contributed by atoms with Gasteiger partial charge in [0.25, 0.3) is 0 Å². The van der Waals surface area contributed by atoms with Crippen LogP contribution in [0.3, 0.4) is 0 Å². The molecule has 2 aliphatic carbocycles. The lowest BCUT2D eigenvalue weighted by Gasteiger charge is -2.24. The van der Waals surface area contributed by atoms with Crippen molar-refractivity contribution in [2.24, 2.45) is 11.8 Å². The Hall–Kier alpha value is -1.03. The standard InChI is InChI=1S/C14H16BrNO2/c15-11-5-10(14(17)18)6-12(7-11)16-13-4-8-1-2-9(13)3-8/h5-9,13,16H,1-4H2,(H,17,18). The van der Waals surface area contributed by atoms with E-state index < -0.39 is 5.97 Å². The van der Waals surface area contributed by atoms with Crippen molar-refractivity contribution < 1.29 is 9.90 Å². The molecule has 1 aromatic rings. The van der Waals surface area contributed by atoms with Gasteiger partial charge in [-0.15, -0.1) is 0 Å². The minimum Gasteiger partial charge on any atom is -0.478 e. The monoisotopic (exact) mass is 309 g/mol. The summed E-state index contributed by atoms with van der Waals surface area (Å²) in [6, 6.07) is 5.84. The highest BCUT2D eigenvalue weighted by atomic mass is 79.9. The molecule has 0 saturated heterocycles. The van der Waals surface area contributed by atoms with Gasteiger partial charge in [0, 0.05) is 16.2 Å². The minimum absolute atomic E-state index is 0.329. The summed E-state index contributed by atoms with van der Waals surface area (Å²) in [4.78, 5) is 11.0. The molecule has 0 amide bonds. The maximum atomic E-state index is 11.0. The van der Waals surface area contributed by atoms with Gasteiger partial charge in [0.2, 0.25) is 0 Å². The number of hydrogen-bond acceptors (Lipinski definition) is 2. The van der Waals surface area contributed by atoms with Crippen molar-refractivity contribution in [3.8, 4) is 0 Å². The average Bonchev–Trinajstić information content (AvgIpc) is 2.90. The Balaban J connectivity index is 1.78. The molecule has 2 bridgehead atoms. The van der Waals surface area contributed by atoms with Gasteiger partial charge in [0.1, 0.15) is 0 Å². The highest BCUT2D eigenvalue weighted by Crippen LogP contribution is 2.45. The molecule has 3 unspecified atom stereocenters. The third-order valence-electron chi connectivity index (χ3n) is 4.23. The van der Waals surface area contributed by atoms with Crippen molar-refractivity contribution in [3.05, 3.63) is 28.2 Å². The lowest BCUT2D eigenvalue weighted by atomic mass is 9.95. The second kappa shape index (κ2) is 4.57. The van der Waals surface area contributed by atoms with Crippen molar-refractivity contribution in [2.75, 3.05) is 5.32 Å². The molecule has 3 atom stereocenters. The topological polar surface area (TPSA) is 49.3 Å². The summed E-state index contributed by atoms with van der Waals surface area (Å²) >= 11 is 3.37. The van der Waals surface area contributed by atoms with Gasteiger partial charge in [-0.05, 0) is 49.3 Å². The van der Waals surface area contributed by atoms with Crippen molar-refractivity contribution in [1.29, 1.82) is 0 Å². The first-order valence-corrected chi connectivity index (χ1v) is 7.21. The van der Waals surface area contributed by atoms with Gasteiger partial charge in [-0.1, -0.05) is 22.4 Å². The molecule has 1 aromatic carbocycles. The van der Waals surface area contributed by atoms with Crippen LogP contribution in [-0.2, 0) is 0 Å². The minimum atomic E-state index is -0.882. The van der Waals surface area contributed by atoms with Crippen LogP contribution in [0.25, 0.3) is 0 Å². The van der Waals surface area contributed by atoms with E-state index >= 15 is 0 Å². The molecule has 18 heavy (non-hydrogen) atoms. The van der Waals surface area contributed by atoms with Crippen LogP contribution in [0.1, 0.15) is 36.0 Å². The summed E-state index contributed by atoms with van der Waals surface area (Å²) in [5.74, 6) is 0.785. The van der Waals surface area contributed by atoms with Gasteiger partial charge in [-0.3, -0.25) is 0 Å². The molecule has 0 aromatic heterocycles. The van der Waals surface area contributed by atoms with Crippen LogP contribution in [0.5, 0.6) is 0 Å². The van der Waals surface area contributed by atoms with Gasteiger partial charge in [0.05, 0.1) is 5.56 Å². The Bertz CT molecular complexity index is 489. The molecule has 0 radical (unpaired) electrons. The number of anilines is 1. The Kier molecular flexibility index (Phi) is 3.06. The molecule has 96 valence electrons. The second-order valence-corrected chi connectivity index (χ2v) is 6.38. The zero-order chi connectivity index (χ0) is 12.7. The van der Waals surface area contributed by atoms with Crippen molar-refractivity contribution >= 4 is 27.6 Å². The van der Waals surface area contributed by atoms with Gasteiger partial charge < -0.3 is 10.4 Å². The number of carboxylic acid groups (broad SMARTS) is 1. The van der Waals surface area contributed by atoms with E-state index in [1.54, 1.807) is 12.1 Å². The van der Waals surface area contributed by atoms with E-state index in [2.05, 4.69) is 21.2 Å². The molecule has 0 heterocycles. The molecule has 2 saturated carbocycles. The Morgan fingerprint density at radius 3 is 2.72 bits per heavy atom. The van der Waals surface area contributed by atoms with Crippen LogP contribution in [0, 0.1) is 11.8 Å². The predicted octanol–water partition coefficient (Wildman–Crippen LogP) is 3.75. The number of aromatic carboxylic acids is 1. The molecule has 2 fully saturated rings. The molecule has 2 N–H and O–H groups in total. The number of fused-ring (bicyclic) bond motifs is 2. The zero-order valence-electron chi connectivity index (χ0n) is 10.0. The number of rotatable bonds is 3. The fourth-order valence-corrected chi connectivity index (χ4v) is 3.93. The SMILES string of the molecule is O=C(O)c1cc(Br)cc(NC2CC3CCC2C3)c1. The quantitative estimate of drug-likeness (QED) is 0.894. The molecule has 3 rings (SSSR count). The fourth-order valence-electron chi connectivity index (χ4n) is 3.43. The third kappa shape index (κ3) is 2.26. The smallest absolute Gasteiger partial charge is 0.335 e. The number of carbonyl (C=O) groups is 1. The number of benzene rings is 1. The highest BCUT2D eigenvalue weighted by Gasteiger charge is 2.39. The summed E-state index contributed by atoms with van der Waals surface area (Å²) < 4.78 is 0.813. The number of nitrogens with one attached hydrogen (secondary N) is 1. The summed E-state index contributed by atoms with van der Waals surface area (Å²) in [5.41, 5.74) is 1.24. The maximum absolute atomic E-state index is 11.0. The number of carboxylic acids is 1. The fraction of sp³-hybridized carbons (Fsp3) is 0.500. The van der Waals surface area contributed by atoms with E-state index in [9.17, 15) is 4.79 Å². The van der Waals surface area contributed by atoms with Crippen LogP contribution in [0.2, 0.25) is 0 Å². The van der Waals surface area contributed by atoms with Gasteiger partial charge in [0.15, 0.2) is 0 Å². The highest BCUT2D eigenvalue weighted by molar-refractivity contribution is 9.10. The van der Waals surface area contributed by atoms with Gasteiger partial charge in [-0.25, -0.2) is 4.79 Å². The van der Waals surface area contributed by atoms with E-state index in [0.29, 0.717) is 11.6 Å². The van der Waals surface area contributed by atoms with Crippen molar-refractivity contribution in [2.45, 2.75) is 31.7 Å². The Labute approximate surface area is 115 Å². The lowest BCUT2D eigenvalue weighted by molar-refractivity contribution is 0.0697. The van der Waals surface area contributed by atoms with Crippen LogP contribution < -0.4 is 5.32 Å². The van der Waals surface area contributed by atoms with E-state index in [1.807, 2.05) is 6.07 Å². The third-order valence-corrected chi connectivity index (χ3v) is 4.69. The van der Waals surface area contributed by atoms with E-state index in [-0.39, 0.29) is 0 Å². The van der Waals surface area contributed by atoms with Crippen LogP contribution in [0.4, 0.5) is 5.69 Å². The average molecular weight is 310 g/mol. The van der Waals surface area contributed by atoms with Crippen LogP contribution in [0.15, 0.2) is 22.7 Å². The Morgan fingerprint density at radius 1 is 1.28 bits per heavy atom. The normalized spacial score (nSPS) is 29.5. The summed E-state index contributed by atoms with van der Waals surface area (Å²) in [6.07, 6.45) is 5.28. The molecule has 3 nitrogen and oxygen atoms in total. The van der Waals surface area contributed by atoms with E-state index in [1.165, 1.54) is 25.7 Å². The molecule has 4 heteroatoms. The van der Waals surface area contributed by atoms with Crippen molar-refractivity contribution in [1.82, 2.24) is 0 Å².